The van der Waals surface area contributed by atoms with Gasteiger partial charge in [0.05, 0.1) is 6.26 Å². The van der Waals surface area contributed by atoms with E-state index < -0.39 is 22.5 Å². The number of benzene rings is 2. The van der Waals surface area contributed by atoms with Crippen molar-refractivity contribution in [3.8, 4) is 11.5 Å². The molecule has 35 heavy (non-hydrogen) atoms. The number of carbonyl (C=O) groups excluding carboxylic acids is 2. The van der Waals surface area contributed by atoms with E-state index in [1.807, 2.05) is 11.6 Å². The number of ether oxygens (including phenoxy) is 2. The number of piperazine rings is 1. The SMILES string of the molecule is C[C@@H]1CN(Cc2ccc(F)cc2)CCN1C(=O)COc1ccc(Br)cc1OCC(=O)NS(C)(=O)=O. The monoisotopic (exact) mass is 571 g/mol. The number of rotatable bonds is 9. The van der Waals surface area contributed by atoms with Crippen LogP contribution in [0.25, 0.3) is 0 Å². The van der Waals surface area contributed by atoms with Crippen molar-refractivity contribution in [1.29, 1.82) is 0 Å². The van der Waals surface area contributed by atoms with Gasteiger partial charge in [0.15, 0.2) is 24.7 Å². The molecule has 0 aromatic heterocycles. The lowest BCUT2D eigenvalue weighted by atomic mass is 10.1. The van der Waals surface area contributed by atoms with Crippen LogP contribution in [-0.4, -0.2) is 75.2 Å². The average Bonchev–Trinajstić information content (AvgIpc) is 2.77. The van der Waals surface area contributed by atoms with E-state index in [-0.39, 0.29) is 35.9 Å². The van der Waals surface area contributed by atoms with Crippen LogP contribution in [-0.2, 0) is 26.2 Å². The van der Waals surface area contributed by atoms with E-state index in [2.05, 4.69) is 20.8 Å². The first kappa shape index (κ1) is 26.9. The fraction of sp³-hybridized carbons (Fsp3) is 0.391. The number of halogens is 2. The third kappa shape index (κ3) is 8.48. The molecule has 0 saturated carbocycles. The molecule has 2 aromatic carbocycles. The Morgan fingerprint density at radius 1 is 1.09 bits per heavy atom. The molecule has 0 spiro atoms. The van der Waals surface area contributed by atoms with Crippen LogP contribution < -0.4 is 14.2 Å². The van der Waals surface area contributed by atoms with Gasteiger partial charge in [0.2, 0.25) is 10.0 Å². The summed E-state index contributed by atoms with van der Waals surface area (Å²) < 4.78 is 49.0. The third-order valence-corrected chi connectivity index (χ3v) is 6.36. The largest absolute Gasteiger partial charge is 0.480 e. The van der Waals surface area contributed by atoms with E-state index in [1.54, 1.807) is 35.2 Å². The van der Waals surface area contributed by atoms with Crippen molar-refractivity contribution in [2.24, 2.45) is 0 Å². The van der Waals surface area contributed by atoms with E-state index in [9.17, 15) is 22.4 Å². The van der Waals surface area contributed by atoms with Gasteiger partial charge in [0.25, 0.3) is 11.8 Å². The van der Waals surface area contributed by atoms with Crippen LogP contribution in [0.3, 0.4) is 0 Å². The first-order valence-corrected chi connectivity index (χ1v) is 13.5. The lowest BCUT2D eigenvalue weighted by molar-refractivity contribution is -0.138. The molecule has 1 aliphatic rings. The molecule has 190 valence electrons. The normalized spacial score (nSPS) is 16.6. The summed E-state index contributed by atoms with van der Waals surface area (Å²) in [6, 6.07) is 11.2. The van der Waals surface area contributed by atoms with Gasteiger partial charge in [0, 0.05) is 36.7 Å². The fourth-order valence-electron chi connectivity index (χ4n) is 3.71. The summed E-state index contributed by atoms with van der Waals surface area (Å²) >= 11 is 3.31. The van der Waals surface area contributed by atoms with Crippen LogP contribution in [0.15, 0.2) is 46.9 Å². The number of nitrogens with zero attached hydrogens (tertiary/aromatic N) is 2. The Kier molecular flexibility index (Phi) is 9.09. The van der Waals surface area contributed by atoms with E-state index in [4.69, 9.17) is 9.47 Å². The second kappa shape index (κ2) is 11.8. The molecule has 1 fully saturated rings. The van der Waals surface area contributed by atoms with Gasteiger partial charge in [-0.1, -0.05) is 28.1 Å². The highest BCUT2D eigenvalue weighted by atomic mass is 79.9. The molecular formula is C23H27BrFN3O6S. The van der Waals surface area contributed by atoms with Crippen LogP contribution in [0, 0.1) is 5.82 Å². The lowest BCUT2D eigenvalue weighted by Gasteiger charge is -2.39. The van der Waals surface area contributed by atoms with Gasteiger partial charge >= 0.3 is 0 Å². The van der Waals surface area contributed by atoms with Gasteiger partial charge in [-0.25, -0.2) is 12.8 Å². The summed E-state index contributed by atoms with van der Waals surface area (Å²) in [4.78, 5) is 28.6. The second-order valence-corrected chi connectivity index (χ2v) is 10.9. The number of nitrogens with one attached hydrogen (secondary N) is 1. The molecule has 2 amide bonds. The van der Waals surface area contributed by atoms with Crippen molar-refractivity contribution in [2.75, 3.05) is 39.1 Å². The van der Waals surface area contributed by atoms with E-state index >= 15 is 0 Å². The maximum atomic E-state index is 13.1. The molecule has 0 unspecified atom stereocenters. The minimum absolute atomic E-state index is 0.0411. The van der Waals surface area contributed by atoms with Gasteiger partial charge in [0.1, 0.15) is 5.82 Å². The number of sulfonamides is 1. The minimum atomic E-state index is -3.70. The molecule has 1 N–H and O–H groups in total. The molecule has 9 nitrogen and oxygen atoms in total. The number of amides is 2. The Labute approximate surface area is 212 Å². The summed E-state index contributed by atoms with van der Waals surface area (Å²) in [7, 11) is -3.70. The van der Waals surface area contributed by atoms with Crippen LogP contribution in [0.2, 0.25) is 0 Å². The van der Waals surface area contributed by atoms with Crippen LogP contribution >= 0.6 is 15.9 Å². The minimum Gasteiger partial charge on any atom is -0.480 e. The zero-order valence-corrected chi connectivity index (χ0v) is 21.8. The van der Waals surface area contributed by atoms with Gasteiger partial charge < -0.3 is 14.4 Å². The summed E-state index contributed by atoms with van der Waals surface area (Å²) in [6.07, 6.45) is 0.869. The molecule has 0 bridgehead atoms. The predicted molar refractivity (Wildman–Crippen MR) is 131 cm³/mol. The van der Waals surface area contributed by atoms with Gasteiger partial charge in [-0.3, -0.25) is 19.2 Å². The highest BCUT2D eigenvalue weighted by Gasteiger charge is 2.28. The van der Waals surface area contributed by atoms with E-state index in [1.165, 1.54) is 12.1 Å². The zero-order chi connectivity index (χ0) is 25.6. The Balaban J connectivity index is 1.53. The van der Waals surface area contributed by atoms with Gasteiger partial charge in [-0.05, 0) is 42.8 Å². The first-order valence-electron chi connectivity index (χ1n) is 10.8. The Morgan fingerprint density at radius 3 is 2.43 bits per heavy atom. The summed E-state index contributed by atoms with van der Waals surface area (Å²) in [6.45, 7) is 3.75. The molecule has 2 aromatic rings. The Morgan fingerprint density at radius 2 is 1.77 bits per heavy atom. The number of hydrogen-bond donors (Lipinski definition) is 1. The third-order valence-electron chi connectivity index (χ3n) is 5.27. The first-order chi connectivity index (χ1) is 16.5. The highest BCUT2D eigenvalue weighted by molar-refractivity contribution is 9.10. The summed E-state index contributed by atoms with van der Waals surface area (Å²) in [5, 5.41) is 0. The molecule has 1 atom stereocenters. The van der Waals surface area contributed by atoms with Crippen molar-refractivity contribution in [3.05, 3.63) is 58.3 Å². The molecule has 12 heteroatoms. The standard InChI is InChI=1S/C23H27BrFN3O6S/c1-16-12-27(13-17-3-6-19(25)7-4-17)9-10-28(16)23(30)15-34-20-8-5-18(24)11-21(20)33-14-22(29)26-35(2,31)32/h3-8,11,16H,9-10,12-15H2,1-2H3,(H,26,29)/t16-/m1/s1. The molecule has 0 aliphatic carbocycles. The Hall–Kier alpha value is -2.70. The van der Waals surface area contributed by atoms with Crippen molar-refractivity contribution in [2.45, 2.75) is 19.5 Å². The molecule has 3 rings (SSSR count). The van der Waals surface area contributed by atoms with Crippen molar-refractivity contribution >= 4 is 37.8 Å². The summed E-state index contributed by atoms with van der Waals surface area (Å²) in [5.41, 5.74) is 1.01. The van der Waals surface area contributed by atoms with Crippen LogP contribution in [0.1, 0.15) is 12.5 Å². The highest BCUT2D eigenvalue weighted by Crippen LogP contribution is 2.30. The molecular weight excluding hydrogens is 545 g/mol. The van der Waals surface area contributed by atoms with Crippen molar-refractivity contribution in [3.63, 3.8) is 0 Å². The van der Waals surface area contributed by atoms with E-state index in [0.29, 0.717) is 30.7 Å². The van der Waals surface area contributed by atoms with Crippen molar-refractivity contribution < 1.29 is 31.9 Å². The van der Waals surface area contributed by atoms with Crippen molar-refractivity contribution in [1.82, 2.24) is 14.5 Å². The smallest absolute Gasteiger partial charge is 0.271 e. The number of hydrogen-bond acceptors (Lipinski definition) is 7. The summed E-state index contributed by atoms with van der Waals surface area (Å²) in [5.74, 6) is -0.859. The molecule has 1 aliphatic heterocycles. The maximum absolute atomic E-state index is 13.1. The maximum Gasteiger partial charge on any atom is 0.271 e. The fourth-order valence-corrected chi connectivity index (χ4v) is 4.52. The zero-order valence-electron chi connectivity index (χ0n) is 19.4. The Bertz CT molecular complexity index is 1160. The number of carbonyl (C=O) groups is 2. The van der Waals surface area contributed by atoms with Crippen LogP contribution in [0.4, 0.5) is 4.39 Å². The van der Waals surface area contributed by atoms with Gasteiger partial charge in [-0.2, -0.15) is 0 Å². The second-order valence-electron chi connectivity index (χ2n) is 8.26. The quantitative estimate of drug-likeness (QED) is 0.491. The average molecular weight is 572 g/mol. The lowest BCUT2D eigenvalue weighted by Crippen LogP contribution is -2.54. The molecule has 1 saturated heterocycles. The van der Waals surface area contributed by atoms with Gasteiger partial charge in [-0.15, -0.1) is 0 Å². The molecule has 1 heterocycles. The van der Waals surface area contributed by atoms with E-state index in [0.717, 1.165) is 11.8 Å². The molecule has 0 radical (unpaired) electrons. The predicted octanol–water partition coefficient (Wildman–Crippen LogP) is 2.15. The van der Waals surface area contributed by atoms with Crippen LogP contribution in [0.5, 0.6) is 11.5 Å². The topological polar surface area (TPSA) is 105 Å².